The number of aromatic nitrogens is 1. The summed E-state index contributed by atoms with van der Waals surface area (Å²) in [4.78, 5) is 13.7. The molecule has 0 N–H and O–H groups in total. The van der Waals surface area contributed by atoms with Gasteiger partial charge < -0.3 is 4.74 Å². The van der Waals surface area contributed by atoms with Gasteiger partial charge in [-0.05, 0) is 12.1 Å². The van der Waals surface area contributed by atoms with Crippen molar-refractivity contribution in [2.75, 3.05) is 0 Å². The van der Waals surface area contributed by atoms with E-state index in [1.807, 2.05) is 0 Å². The van der Waals surface area contributed by atoms with Gasteiger partial charge in [-0.1, -0.05) is 23.2 Å². The van der Waals surface area contributed by atoms with Crippen LogP contribution in [-0.4, -0.2) is 9.91 Å². The van der Waals surface area contributed by atoms with Crippen molar-refractivity contribution in [2.24, 2.45) is 0 Å². The zero-order valence-electron chi connectivity index (χ0n) is 9.71. The van der Waals surface area contributed by atoms with Crippen molar-refractivity contribution in [3.63, 3.8) is 0 Å². The van der Waals surface area contributed by atoms with E-state index in [-0.39, 0.29) is 17.3 Å². The third-order valence-electron chi connectivity index (χ3n) is 2.26. The summed E-state index contributed by atoms with van der Waals surface area (Å²) in [7, 11) is 0. The summed E-state index contributed by atoms with van der Waals surface area (Å²) in [5.74, 6) is 0.398. The van der Waals surface area contributed by atoms with Gasteiger partial charge in [0.05, 0.1) is 15.0 Å². The first-order chi connectivity index (χ1) is 9.51. The maximum Gasteiger partial charge on any atom is 0.305 e. The molecule has 1 heterocycles. The number of nitro groups is 1. The first-order valence-corrected chi connectivity index (χ1v) is 5.95. The van der Waals surface area contributed by atoms with Crippen LogP contribution in [0, 0.1) is 21.4 Å². The largest absolute Gasteiger partial charge is 0.439 e. The van der Waals surface area contributed by atoms with Crippen LogP contribution >= 0.6 is 23.2 Å². The summed E-state index contributed by atoms with van der Waals surface area (Å²) in [5, 5.41) is 20.2. The minimum Gasteiger partial charge on any atom is -0.439 e. The fourth-order valence-electron chi connectivity index (χ4n) is 1.38. The van der Waals surface area contributed by atoms with Crippen molar-refractivity contribution in [2.45, 2.75) is 0 Å². The van der Waals surface area contributed by atoms with Gasteiger partial charge in [0.2, 0.25) is 11.6 Å². The van der Waals surface area contributed by atoms with Crippen molar-refractivity contribution >= 4 is 28.9 Å². The van der Waals surface area contributed by atoms with Crippen molar-refractivity contribution < 1.29 is 9.66 Å². The molecule has 0 fully saturated rings. The average Bonchev–Trinajstić information content (AvgIpc) is 2.42. The lowest BCUT2D eigenvalue weighted by molar-refractivity contribution is -0.385. The zero-order valence-corrected chi connectivity index (χ0v) is 11.2. The Hall–Kier alpha value is -2.36. The lowest BCUT2D eigenvalue weighted by Crippen LogP contribution is -1.97. The van der Waals surface area contributed by atoms with E-state index in [0.717, 1.165) is 6.07 Å². The van der Waals surface area contributed by atoms with Gasteiger partial charge in [0.1, 0.15) is 11.8 Å². The van der Waals surface area contributed by atoms with Crippen LogP contribution in [0.3, 0.4) is 0 Å². The van der Waals surface area contributed by atoms with Crippen molar-refractivity contribution in [1.29, 1.82) is 5.26 Å². The van der Waals surface area contributed by atoms with E-state index in [1.165, 1.54) is 18.2 Å². The molecular weight excluding hydrogens is 305 g/mol. The van der Waals surface area contributed by atoms with E-state index in [1.54, 1.807) is 12.1 Å². The Bertz CT molecular complexity index is 728. The topological polar surface area (TPSA) is 89.0 Å². The third kappa shape index (κ3) is 2.96. The monoisotopic (exact) mass is 309 g/mol. The molecule has 0 amide bonds. The number of ether oxygens (including phenoxy) is 1. The first kappa shape index (κ1) is 14.1. The molecule has 0 radical (unpaired) electrons. The van der Waals surface area contributed by atoms with Crippen LogP contribution < -0.4 is 4.74 Å². The fraction of sp³-hybridized carbons (Fsp3) is 0. The number of benzene rings is 1. The van der Waals surface area contributed by atoms with E-state index in [9.17, 15) is 10.1 Å². The molecule has 1 aromatic heterocycles. The molecule has 6 nitrogen and oxygen atoms in total. The number of hydrogen-bond donors (Lipinski definition) is 0. The van der Waals surface area contributed by atoms with Crippen LogP contribution in [-0.2, 0) is 0 Å². The molecular formula is C12H5Cl2N3O3. The Labute approximate surface area is 123 Å². The Morgan fingerprint density at radius 2 is 2.00 bits per heavy atom. The number of hydrogen-bond acceptors (Lipinski definition) is 5. The number of pyridine rings is 1. The summed E-state index contributed by atoms with van der Waals surface area (Å²) in [6, 6.07) is 8.66. The lowest BCUT2D eigenvalue weighted by atomic mass is 10.3. The molecule has 0 spiro atoms. The molecule has 100 valence electrons. The van der Waals surface area contributed by atoms with Crippen LogP contribution in [0.4, 0.5) is 5.69 Å². The average molecular weight is 310 g/mol. The normalized spacial score (nSPS) is 9.85. The van der Waals surface area contributed by atoms with E-state index < -0.39 is 4.92 Å². The predicted molar refractivity (Wildman–Crippen MR) is 72.1 cm³/mol. The maximum absolute atomic E-state index is 10.7. The highest BCUT2D eigenvalue weighted by Gasteiger charge is 2.16. The number of halogens is 2. The smallest absolute Gasteiger partial charge is 0.305 e. The molecule has 1 aromatic carbocycles. The summed E-state index contributed by atoms with van der Waals surface area (Å²) in [6.07, 6.45) is 0. The summed E-state index contributed by atoms with van der Waals surface area (Å²) < 4.78 is 5.36. The van der Waals surface area contributed by atoms with Gasteiger partial charge in [-0.15, -0.1) is 0 Å². The van der Waals surface area contributed by atoms with Crippen LogP contribution in [0.25, 0.3) is 0 Å². The molecule has 8 heteroatoms. The van der Waals surface area contributed by atoms with Gasteiger partial charge in [0.25, 0.3) is 0 Å². The van der Waals surface area contributed by atoms with Gasteiger partial charge in [-0.2, -0.15) is 10.2 Å². The molecule has 0 aliphatic carbocycles. The SMILES string of the molecule is N#Cc1nc(Oc2ccc(Cl)c(Cl)c2)ccc1[N+](=O)[O-]. The predicted octanol–water partition coefficient (Wildman–Crippen LogP) is 3.96. The van der Waals surface area contributed by atoms with Crippen molar-refractivity contribution in [3.05, 3.63) is 56.2 Å². The highest BCUT2D eigenvalue weighted by molar-refractivity contribution is 6.42. The molecule has 0 unspecified atom stereocenters. The fourth-order valence-corrected chi connectivity index (χ4v) is 1.67. The molecule has 0 saturated carbocycles. The van der Waals surface area contributed by atoms with Crippen LogP contribution in [0.2, 0.25) is 10.0 Å². The van der Waals surface area contributed by atoms with E-state index in [2.05, 4.69) is 4.98 Å². The maximum atomic E-state index is 10.7. The molecule has 0 atom stereocenters. The van der Waals surface area contributed by atoms with Crippen LogP contribution in [0.5, 0.6) is 11.6 Å². The van der Waals surface area contributed by atoms with Crippen molar-refractivity contribution in [3.8, 4) is 17.7 Å². The highest BCUT2D eigenvalue weighted by Crippen LogP contribution is 2.29. The minimum absolute atomic E-state index is 0.0468. The highest BCUT2D eigenvalue weighted by atomic mass is 35.5. The quantitative estimate of drug-likeness (QED) is 0.632. The van der Waals surface area contributed by atoms with E-state index in [0.29, 0.717) is 15.8 Å². The Balaban J connectivity index is 2.32. The van der Waals surface area contributed by atoms with Gasteiger partial charge in [-0.3, -0.25) is 10.1 Å². The van der Waals surface area contributed by atoms with Gasteiger partial charge in [-0.25, -0.2) is 0 Å². The second-order valence-corrected chi connectivity index (χ2v) is 4.38. The van der Waals surface area contributed by atoms with Gasteiger partial charge in [0.15, 0.2) is 0 Å². The minimum atomic E-state index is -0.686. The molecule has 20 heavy (non-hydrogen) atoms. The molecule has 0 bridgehead atoms. The number of nitriles is 1. The Morgan fingerprint density at radius 1 is 1.25 bits per heavy atom. The van der Waals surface area contributed by atoms with Gasteiger partial charge >= 0.3 is 5.69 Å². The summed E-state index contributed by atoms with van der Waals surface area (Å²) >= 11 is 11.6. The Kier molecular flexibility index (Phi) is 4.03. The van der Waals surface area contributed by atoms with Crippen LogP contribution in [0.1, 0.15) is 5.69 Å². The molecule has 0 aliphatic heterocycles. The van der Waals surface area contributed by atoms with E-state index >= 15 is 0 Å². The summed E-state index contributed by atoms with van der Waals surface area (Å²) in [6.45, 7) is 0. The first-order valence-electron chi connectivity index (χ1n) is 5.19. The molecule has 2 aromatic rings. The van der Waals surface area contributed by atoms with Crippen molar-refractivity contribution in [1.82, 2.24) is 4.98 Å². The van der Waals surface area contributed by atoms with E-state index in [4.69, 9.17) is 33.2 Å². The lowest BCUT2D eigenvalue weighted by Gasteiger charge is -2.05. The number of rotatable bonds is 3. The molecule has 0 aliphatic rings. The third-order valence-corrected chi connectivity index (χ3v) is 3.00. The van der Waals surface area contributed by atoms with Crippen LogP contribution in [0.15, 0.2) is 30.3 Å². The second kappa shape index (κ2) is 5.74. The standard InChI is InChI=1S/C12H5Cl2N3O3/c13-8-2-1-7(5-9(8)14)20-12-4-3-11(17(18)19)10(6-15)16-12/h1-5H. The number of nitrogens with zero attached hydrogens (tertiary/aromatic N) is 3. The molecule has 2 rings (SSSR count). The van der Waals surface area contributed by atoms with Gasteiger partial charge in [0, 0.05) is 18.2 Å². The Morgan fingerprint density at radius 3 is 2.60 bits per heavy atom. The zero-order chi connectivity index (χ0) is 14.7. The summed E-state index contributed by atoms with van der Waals surface area (Å²) in [5.41, 5.74) is -0.707. The molecule has 0 saturated heterocycles. The second-order valence-electron chi connectivity index (χ2n) is 3.56.